The summed E-state index contributed by atoms with van der Waals surface area (Å²) in [5.41, 5.74) is 3.50. The zero-order valence-corrected chi connectivity index (χ0v) is 9.89. The highest BCUT2D eigenvalue weighted by Crippen LogP contribution is 2.23. The molecule has 90 valence electrons. The number of benzene rings is 2. The minimum atomic E-state index is -0.0925. The Hall–Kier alpha value is -2.29. The second-order valence-electron chi connectivity index (χ2n) is 4.40. The first-order valence-electron chi connectivity index (χ1n) is 6.03. The third kappa shape index (κ3) is 2.07. The van der Waals surface area contributed by atoms with Gasteiger partial charge in [0.05, 0.1) is 6.04 Å². The van der Waals surface area contributed by atoms with Crippen LogP contribution in [0.1, 0.15) is 11.6 Å². The van der Waals surface area contributed by atoms with Crippen LogP contribution in [0.5, 0.6) is 0 Å². The van der Waals surface area contributed by atoms with E-state index in [1.165, 1.54) is 11.1 Å². The predicted molar refractivity (Wildman–Crippen MR) is 71.2 cm³/mol. The second-order valence-corrected chi connectivity index (χ2v) is 4.40. The van der Waals surface area contributed by atoms with Gasteiger partial charge in [-0.1, -0.05) is 48.5 Å². The standard InChI is InChI=1S/C15H14N2O/c18-15-16-10-14(17-15)13-8-4-7-12(9-13)11-5-2-1-3-6-11/h1-9,14H,10H2,(H2,16,17,18)/t14-/m0/s1. The second kappa shape index (κ2) is 4.53. The van der Waals surface area contributed by atoms with E-state index in [1.54, 1.807) is 0 Å². The average molecular weight is 238 g/mol. The molecule has 3 nitrogen and oxygen atoms in total. The van der Waals surface area contributed by atoms with Crippen LogP contribution in [0.3, 0.4) is 0 Å². The van der Waals surface area contributed by atoms with E-state index < -0.39 is 0 Å². The van der Waals surface area contributed by atoms with E-state index in [-0.39, 0.29) is 12.1 Å². The minimum absolute atomic E-state index is 0.0705. The van der Waals surface area contributed by atoms with Gasteiger partial charge in [-0.05, 0) is 22.8 Å². The number of carbonyl (C=O) groups excluding carboxylic acids is 1. The van der Waals surface area contributed by atoms with E-state index in [1.807, 2.05) is 30.3 Å². The molecular formula is C15H14N2O. The van der Waals surface area contributed by atoms with Crippen molar-refractivity contribution in [3.8, 4) is 11.1 Å². The van der Waals surface area contributed by atoms with E-state index in [2.05, 4.69) is 34.9 Å². The van der Waals surface area contributed by atoms with Crippen molar-refractivity contribution in [2.45, 2.75) is 6.04 Å². The maximum atomic E-state index is 11.2. The van der Waals surface area contributed by atoms with Crippen LogP contribution in [0.25, 0.3) is 11.1 Å². The molecule has 0 spiro atoms. The fourth-order valence-electron chi connectivity index (χ4n) is 2.22. The highest BCUT2D eigenvalue weighted by molar-refractivity contribution is 5.77. The Kier molecular flexibility index (Phi) is 2.73. The Balaban J connectivity index is 1.92. The molecule has 0 radical (unpaired) electrons. The van der Waals surface area contributed by atoms with Crippen LogP contribution < -0.4 is 10.6 Å². The van der Waals surface area contributed by atoms with Gasteiger partial charge >= 0.3 is 6.03 Å². The van der Waals surface area contributed by atoms with Crippen LogP contribution in [-0.2, 0) is 0 Å². The topological polar surface area (TPSA) is 41.1 Å². The minimum Gasteiger partial charge on any atom is -0.336 e. The fourth-order valence-corrected chi connectivity index (χ4v) is 2.22. The first-order valence-corrected chi connectivity index (χ1v) is 6.03. The highest BCUT2D eigenvalue weighted by Gasteiger charge is 2.21. The largest absolute Gasteiger partial charge is 0.336 e. The van der Waals surface area contributed by atoms with Crippen molar-refractivity contribution in [1.29, 1.82) is 0 Å². The third-order valence-electron chi connectivity index (χ3n) is 3.17. The number of nitrogens with one attached hydrogen (secondary N) is 2. The van der Waals surface area contributed by atoms with E-state index >= 15 is 0 Å². The molecular weight excluding hydrogens is 224 g/mol. The lowest BCUT2D eigenvalue weighted by molar-refractivity contribution is 0.247. The van der Waals surface area contributed by atoms with Crippen molar-refractivity contribution in [3.63, 3.8) is 0 Å². The van der Waals surface area contributed by atoms with Crippen molar-refractivity contribution in [3.05, 3.63) is 60.2 Å². The zero-order valence-electron chi connectivity index (χ0n) is 9.89. The van der Waals surface area contributed by atoms with Crippen molar-refractivity contribution in [2.75, 3.05) is 6.54 Å². The predicted octanol–water partition coefficient (Wildman–Crippen LogP) is 2.71. The van der Waals surface area contributed by atoms with E-state index in [4.69, 9.17) is 0 Å². The molecule has 2 aromatic carbocycles. The fraction of sp³-hybridized carbons (Fsp3) is 0.133. The molecule has 1 atom stereocenters. The molecule has 0 unspecified atom stereocenters. The molecule has 0 aliphatic carbocycles. The third-order valence-corrected chi connectivity index (χ3v) is 3.17. The maximum absolute atomic E-state index is 11.2. The lowest BCUT2D eigenvalue weighted by Gasteiger charge is -2.10. The molecule has 0 aromatic heterocycles. The van der Waals surface area contributed by atoms with Gasteiger partial charge in [-0.25, -0.2) is 4.79 Å². The molecule has 3 heteroatoms. The van der Waals surface area contributed by atoms with E-state index in [9.17, 15) is 4.79 Å². The molecule has 1 aliphatic heterocycles. The lowest BCUT2D eigenvalue weighted by atomic mass is 10.00. The SMILES string of the molecule is O=C1NC[C@@H](c2cccc(-c3ccccc3)c2)N1. The summed E-state index contributed by atoms with van der Waals surface area (Å²) < 4.78 is 0. The van der Waals surface area contributed by atoms with Gasteiger partial charge in [0.2, 0.25) is 0 Å². The Morgan fingerprint density at radius 1 is 0.944 bits per heavy atom. The summed E-state index contributed by atoms with van der Waals surface area (Å²) in [5.74, 6) is 0. The van der Waals surface area contributed by atoms with Crippen molar-refractivity contribution in [2.24, 2.45) is 0 Å². The quantitative estimate of drug-likeness (QED) is 0.829. The smallest absolute Gasteiger partial charge is 0.315 e. The van der Waals surface area contributed by atoms with Crippen LogP contribution in [-0.4, -0.2) is 12.6 Å². The molecule has 3 rings (SSSR count). The van der Waals surface area contributed by atoms with E-state index in [0.717, 1.165) is 5.56 Å². The number of rotatable bonds is 2. The van der Waals surface area contributed by atoms with Gasteiger partial charge in [0, 0.05) is 6.54 Å². The molecule has 2 N–H and O–H groups in total. The van der Waals surface area contributed by atoms with Gasteiger partial charge in [-0.3, -0.25) is 0 Å². The van der Waals surface area contributed by atoms with Gasteiger partial charge < -0.3 is 10.6 Å². The number of hydrogen-bond donors (Lipinski definition) is 2. The van der Waals surface area contributed by atoms with Crippen molar-refractivity contribution >= 4 is 6.03 Å². The number of urea groups is 1. The molecule has 18 heavy (non-hydrogen) atoms. The first kappa shape index (κ1) is 10.8. The van der Waals surface area contributed by atoms with Crippen molar-refractivity contribution < 1.29 is 4.79 Å². The summed E-state index contributed by atoms with van der Waals surface area (Å²) in [4.78, 5) is 11.2. The number of carbonyl (C=O) groups is 1. The number of hydrogen-bond acceptors (Lipinski definition) is 1. The van der Waals surface area contributed by atoms with Crippen LogP contribution >= 0.6 is 0 Å². The summed E-state index contributed by atoms with van der Waals surface area (Å²) in [6.07, 6.45) is 0. The summed E-state index contributed by atoms with van der Waals surface area (Å²) >= 11 is 0. The molecule has 1 heterocycles. The molecule has 0 bridgehead atoms. The van der Waals surface area contributed by atoms with Crippen LogP contribution in [0.15, 0.2) is 54.6 Å². The molecule has 2 aromatic rings. The summed E-state index contributed by atoms with van der Waals surface area (Å²) in [6, 6.07) is 18.5. The Bertz CT molecular complexity index is 566. The van der Waals surface area contributed by atoms with Gasteiger partial charge in [0.1, 0.15) is 0 Å². The van der Waals surface area contributed by atoms with Gasteiger partial charge in [0.25, 0.3) is 0 Å². The molecule has 1 aliphatic rings. The Morgan fingerprint density at radius 3 is 2.44 bits per heavy atom. The molecule has 1 fully saturated rings. The Labute approximate surface area is 106 Å². The summed E-state index contributed by atoms with van der Waals surface area (Å²) in [6.45, 7) is 0.650. The van der Waals surface area contributed by atoms with Gasteiger partial charge in [-0.15, -0.1) is 0 Å². The maximum Gasteiger partial charge on any atom is 0.315 e. The summed E-state index contributed by atoms with van der Waals surface area (Å²) in [5, 5.41) is 5.68. The Morgan fingerprint density at radius 2 is 1.72 bits per heavy atom. The monoisotopic (exact) mass is 238 g/mol. The zero-order chi connectivity index (χ0) is 12.4. The lowest BCUT2D eigenvalue weighted by Crippen LogP contribution is -2.21. The normalized spacial score (nSPS) is 18.2. The first-order chi connectivity index (χ1) is 8.83. The van der Waals surface area contributed by atoms with Crippen LogP contribution in [0, 0.1) is 0 Å². The van der Waals surface area contributed by atoms with Gasteiger partial charge in [0.15, 0.2) is 0 Å². The number of amides is 2. The van der Waals surface area contributed by atoms with Crippen LogP contribution in [0.2, 0.25) is 0 Å². The van der Waals surface area contributed by atoms with Crippen molar-refractivity contribution in [1.82, 2.24) is 10.6 Å². The van der Waals surface area contributed by atoms with E-state index in [0.29, 0.717) is 6.54 Å². The molecule has 0 saturated carbocycles. The molecule has 1 saturated heterocycles. The van der Waals surface area contributed by atoms with Crippen LogP contribution in [0.4, 0.5) is 4.79 Å². The summed E-state index contributed by atoms with van der Waals surface area (Å²) in [7, 11) is 0. The van der Waals surface area contributed by atoms with Gasteiger partial charge in [-0.2, -0.15) is 0 Å². The highest BCUT2D eigenvalue weighted by atomic mass is 16.2. The molecule has 2 amide bonds. The average Bonchev–Trinajstić information content (AvgIpc) is 2.87.